The Bertz CT molecular complexity index is 323. The molecule has 1 aliphatic rings. The first kappa shape index (κ1) is 11.4. The van der Waals surface area contributed by atoms with Crippen LogP contribution in [0.3, 0.4) is 0 Å². The lowest BCUT2D eigenvalue weighted by molar-refractivity contribution is -0.162. The number of rotatable bonds is 4. The Morgan fingerprint density at radius 3 is 2.73 bits per heavy atom. The van der Waals surface area contributed by atoms with Crippen LogP contribution in [0.1, 0.15) is 26.2 Å². The molecule has 1 fully saturated rings. The minimum absolute atomic E-state index is 0.0980. The number of imide groups is 1. The Morgan fingerprint density at radius 2 is 2.33 bits per heavy atom. The number of nitrogens with one attached hydrogen (secondary N) is 1. The van der Waals surface area contributed by atoms with E-state index in [4.69, 9.17) is 4.74 Å². The van der Waals surface area contributed by atoms with Gasteiger partial charge in [0, 0.05) is 6.08 Å². The lowest BCUT2D eigenvalue weighted by atomic mass is 9.96. The Morgan fingerprint density at radius 1 is 1.67 bits per heavy atom. The van der Waals surface area contributed by atoms with E-state index in [9.17, 15) is 14.4 Å². The zero-order valence-electron chi connectivity index (χ0n) is 8.54. The van der Waals surface area contributed by atoms with E-state index in [1.165, 1.54) is 0 Å². The molecule has 0 radical (unpaired) electrons. The molecule has 1 rings (SSSR count). The number of amides is 2. The SMILES string of the molecule is C=CC(=O)OC1(CCC)CC(=O)NC1=O. The van der Waals surface area contributed by atoms with E-state index in [2.05, 4.69) is 11.9 Å². The van der Waals surface area contributed by atoms with E-state index in [0.717, 1.165) is 6.08 Å². The fraction of sp³-hybridized carbons (Fsp3) is 0.500. The van der Waals surface area contributed by atoms with Gasteiger partial charge in [0.15, 0.2) is 5.60 Å². The highest BCUT2D eigenvalue weighted by Crippen LogP contribution is 2.27. The second-order valence-corrected chi connectivity index (χ2v) is 3.42. The highest BCUT2D eigenvalue weighted by atomic mass is 16.6. The summed E-state index contributed by atoms with van der Waals surface area (Å²) in [5.74, 6) is -1.64. The highest BCUT2D eigenvalue weighted by Gasteiger charge is 2.49. The maximum atomic E-state index is 11.5. The van der Waals surface area contributed by atoms with Crippen LogP contribution >= 0.6 is 0 Å². The van der Waals surface area contributed by atoms with Crippen molar-refractivity contribution in [3.05, 3.63) is 12.7 Å². The third-order valence-electron chi connectivity index (χ3n) is 2.23. The van der Waals surface area contributed by atoms with Crippen LogP contribution in [0.4, 0.5) is 0 Å². The fourth-order valence-electron chi connectivity index (χ4n) is 1.60. The van der Waals surface area contributed by atoms with Crippen molar-refractivity contribution >= 4 is 17.8 Å². The van der Waals surface area contributed by atoms with Crippen molar-refractivity contribution in [1.82, 2.24) is 5.32 Å². The van der Waals surface area contributed by atoms with Crippen LogP contribution < -0.4 is 5.32 Å². The summed E-state index contributed by atoms with van der Waals surface area (Å²) >= 11 is 0. The summed E-state index contributed by atoms with van der Waals surface area (Å²) in [6, 6.07) is 0. The zero-order valence-corrected chi connectivity index (χ0v) is 8.54. The average molecular weight is 211 g/mol. The van der Waals surface area contributed by atoms with Gasteiger partial charge in [0.25, 0.3) is 5.91 Å². The van der Waals surface area contributed by atoms with Gasteiger partial charge < -0.3 is 4.74 Å². The maximum Gasteiger partial charge on any atom is 0.331 e. The van der Waals surface area contributed by atoms with E-state index in [1.807, 2.05) is 6.92 Å². The highest BCUT2D eigenvalue weighted by molar-refractivity contribution is 6.08. The van der Waals surface area contributed by atoms with Gasteiger partial charge in [-0.1, -0.05) is 19.9 Å². The predicted molar refractivity (Wildman–Crippen MR) is 51.7 cm³/mol. The fourth-order valence-corrected chi connectivity index (χ4v) is 1.60. The molecule has 0 saturated carbocycles. The monoisotopic (exact) mass is 211 g/mol. The van der Waals surface area contributed by atoms with Crippen molar-refractivity contribution in [3.8, 4) is 0 Å². The number of carbonyl (C=O) groups excluding carboxylic acids is 3. The van der Waals surface area contributed by atoms with Crippen molar-refractivity contribution < 1.29 is 19.1 Å². The van der Waals surface area contributed by atoms with Gasteiger partial charge in [0.1, 0.15) is 0 Å². The molecule has 1 atom stereocenters. The van der Waals surface area contributed by atoms with Gasteiger partial charge in [0.05, 0.1) is 6.42 Å². The van der Waals surface area contributed by atoms with Crippen molar-refractivity contribution in [2.75, 3.05) is 0 Å². The Hall–Kier alpha value is -1.65. The number of carbonyl (C=O) groups is 3. The van der Waals surface area contributed by atoms with Crippen molar-refractivity contribution in [1.29, 1.82) is 0 Å². The molecule has 1 unspecified atom stereocenters. The number of ether oxygens (including phenoxy) is 1. The first-order valence-corrected chi connectivity index (χ1v) is 4.74. The summed E-state index contributed by atoms with van der Waals surface area (Å²) in [4.78, 5) is 33.6. The van der Waals surface area contributed by atoms with E-state index >= 15 is 0 Å². The van der Waals surface area contributed by atoms with Crippen LogP contribution in [-0.2, 0) is 19.1 Å². The molecule has 0 bridgehead atoms. The molecule has 0 aromatic rings. The molecule has 0 aromatic heterocycles. The number of esters is 1. The number of hydrogen-bond donors (Lipinski definition) is 1. The third-order valence-corrected chi connectivity index (χ3v) is 2.23. The van der Waals surface area contributed by atoms with Crippen LogP contribution in [0.5, 0.6) is 0 Å². The molecule has 5 nitrogen and oxygen atoms in total. The molecule has 0 aliphatic carbocycles. The Labute approximate surface area is 87.5 Å². The van der Waals surface area contributed by atoms with Crippen LogP contribution in [0.15, 0.2) is 12.7 Å². The number of hydrogen-bond acceptors (Lipinski definition) is 4. The maximum absolute atomic E-state index is 11.5. The van der Waals surface area contributed by atoms with Crippen LogP contribution in [0.25, 0.3) is 0 Å². The van der Waals surface area contributed by atoms with Crippen molar-refractivity contribution in [2.24, 2.45) is 0 Å². The van der Waals surface area contributed by atoms with Gasteiger partial charge in [-0.2, -0.15) is 0 Å². The lowest BCUT2D eigenvalue weighted by Crippen LogP contribution is -2.42. The molecule has 5 heteroatoms. The Kier molecular flexibility index (Phi) is 3.24. The quantitative estimate of drug-likeness (QED) is 0.412. The summed E-state index contributed by atoms with van der Waals surface area (Å²) in [7, 11) is 0. The molecule has 1 N–H and O–H groups in total. The molecular weight excluding hydrogens is 198 g/mol. The smallest absolute Gasteiger partial charge is 0.331 e. The second kappa shape index (κ2) is 4.25. The van der Waals surface area contributed by atoms with E-state index in [-0.39, 0.29) is 6.42 Å². The predicted octanol–water partition coefficient (Wildman–Crippen LogP) is 0.301. The standard InChI is InChI=1S/C10H13NO4/c1-3-5-10(15-8(13)4-2)6-7(12)11-9(10)14/h4H,2-3,5-6H2,1H3,(H,11,12,14). The largest absolute Gasteiger partial charge is 0.445 e. The van der Waals surface area contributed by atoms with Crippen LogP contribution in [0.2, 0.25) is 0 Å². The molecule has 82 valence electrons. The van der Waals surface area contributed by atoms with Crippen LogP contribution in [-0.4, -0.2) is 23.4 Å². The third kappa shape index (κ3) is 2.23. The zero-order chi connectivity index (χ0) is 11.5. The summed E-state index contributed by atoms with van der Waals surface area (Å²) in [5, 5.41) is 2.13. The summed E-state index contributed by atoms with van der Waals surface area (Å²) in [6.45, 7) is 5.09. The molecule has 1 saturated heterocycles. The minimum Gasteiger partial charge on any atom is -0.445 e. The lowest BCUT2D eigenvalue weighted by Gasteiger charge is -2.23. The van der Waals surface area contributed by atoms with Gasteiger partial charge in [-0.15, -0.1) is 0 Å². The van der Waals surface area contributed by atoms with E-state index < -0.39 is 23.4 Å². The molecule has 2 amide bonds. The van der Waals surface area contributed by atoms with Gasteiger partial charge in [-0.25, -0.2) is 4.79 Å². The van der Waals surface area contributed by atoms with Gasteiger partial charge in [-0.3, -0.25) is 14.9 Å². The van der Waals surface area contributed by atoms with Gasteiger partial charge in [-0.05, 0) is 6.42 Å². The molecule has 1 heterocycles. The van der Waals surface area contributed by atoms with Crippen molar-refractivity contribution in [3.63, 3.8) is 0 Å². The van der Waals surface area contributed by atoms with E-state index in [1.54, 1.807) is 0 Å². The Balaban J connectivity index is 2.87. The van der Waals surface area contributed by atoms with Gasteiger partial charge in [0.2, 0.25) is 5.91 Å². The normalized spacial score (nSPS) is 24.9. The molecule has 0 spiro atoms. The molecular formula is C10H13NO4. The van der Waals surface area contributed by atoms with Gasteiger partial charge >= 0.3 is 5.97 Å². The molecule has 15 heavy (non-hydrogen) atoms. The van der Waals surface area contributed by atoms with E-state index in [0.29, 0.717) is 12.8 Å². The average Bonchev–Trinajstić information content (AvgIpc) is 2.42. The minimum atomic E-state index is -1.32. The van der Waals surface area contributed by atoms with Crippen molar-refractivity contribution in [2.45, 2.75) is 31.8 Å². The summed E-state index contributed by atoms with van der Waals surface area (Å²) < 4.78 is 4.98. The summed E-state index contributed by atoms with van der Waals surface area (Å²) in [5.41, 5.74) is -1.32. The molecule has 0 aromatic carbocycles. The van der Waals surface area contributed by atoms with Crippen LogP contribution in [0, 0.1) is 0 Å². The topological polar surface area (TPSA) is 72.5 Å². The second-order valence-electron chi connectivity index (χ2n) is 3.42. The first-order chi connectivity index (χ1) is 7.04. The first-order valence-electron chi connectivity index (χ1n) is 4.74. The summed E-state index contributed by atoms with van der Waals surface area (Å²) in [6.07, 6.45) is 1.86. The molecule has 1 aliphatic heterocycles.